The van der Waals surface area contributed by atoms with E-state index in [1.165, 1.54) is 0 Å². The predicted molar refractivity (Wildman–Crippen MR) is 87.4 cm³/mol. The summed E-state index contributed by atoms with van der Waals surface area (Å²) in [5, 5.41) is 0.575. The van der Waals surface area contributed by atoms with Gasteiger partial charge in [0, 0.05) is 31.7 Å². The average molecular weight is 337 g/mol. The van der Waals surface area contributed by atoms with E-state index in [1.807, 2.05) is 7.05 Å². The summed E-state index contributed by atoms with van der Waals surface area (Å²) in [7, 11) is 1.84. The molecule has 6 heteroatoms. The summed E-state index contributed by atoms with van der Waals surface area (Å²) in [6, 6.07) is 6.99. The molecule has 2 fully saturated rings. The van der Waals surface area contributed by atoms with Gasteiger partial charge in [0.25, 0.3) is 5.91 Å². The highest BCUT2D eigenvalue weighted by atomic mass is 35.5. The number of halogens is 1. The van der Waals surface area contributed by atoms with Gasteiger partial charge in [0.15, 0.2) is 6.61 Å². The van der Waals surface area contributed by atoms with Crippen LogP contribution >= 0.6 is 11.6 Å². The molecule has 0 saturated carbocycles. The first kappa shape index (κ1) is 16.1. The van der Waals surface area contributed by atoms with E-state index in [2.05, 4.69) is 0 Å². The molecule has 0 bridgehead atoms. The summed E-state index contributed by atoms with van der Waals surface area (Å²) in [5.41, 5.74) is -0.376. The molecule has 0 N–H and O–H groups in total. The summed E-state index contributed by atoms with van der Waals surface area (Å²) < 4.78 is 5.51. The van der Waals surface area contributed by atoms with Crippen molar-refractivity contribution in [1.29, 1.82) is 0 Å². The lowest BCUT2D eigenvalue weighted by molar-refractivity contribution is -0.144. The van der Waals surface area contributed by atoms with Gasteiger partial charge in [-0.1, -0.05) is 17.7 Å². The molecule has 0 unspecified atom stereocenters. The number of hydrogen-bond donors (Lipinski definition) is 0. The van der Waals surface area contributed by atoms with Crippen LogP contribution in [0.3, 0.4) is 0 Å². The second-order valence-corrected chi connectivity index (χ2v) is 6.86. The number of rotatable bonds is 3. The van der Waals surface area contributed by atoms with Gasteiger partial charge in [0.05, 0.1) is 5.41 Å². The highest BCUT2D eigenvalue weighted by Gasteiger charge is 2.48. The van der Waals surface area contributed by atoms with E-state index < -0.39 is 0 Å². The maximum Gasteiger partial charge on any atom is 0.260 e. The van der Waals surface area contributed by atoms with Crippen molar-refractivity contribution >= 4 is 23.4 Å². The molecule has 2 aliphatic heterocycles. The Labute approximate surface area is 141 Å². The first-order valence-electron chi connectivity index (χ1n) is 7.92. The molecule has 2 amide bonds. The molecule has 2 heterocycles. The molecule has 0 radical (unpaired) electrons. The summed E-state index contributed by atoms with van der Waals surface area (Å²) in [6.07, 6.45) is 2.62. The monoisotopic (exact) mass is 336 g/mol. The van der Waals surface area contributed by atoms with E-state index >= 15 is 0 Å². The van der Waals surface area contributed by atoms with Gasteiger partial charge in [-0.3, -0.25) is 9.59 Å². The number of carbonyl (C=O) groups is 2. The second kappa shape index (κ2) is 6.40. The van der Waals surface area contributed by atoms with Crippen LogP contribution in [0.1, 0.15) is 19.3 Å². The van der Waals surface area contributed by atoms with Crippen LogP contribution in [0.15, 0.2) is 24.3 Å². The Balaban J connectivity index is 1.58. The highest BCUT2D eigenvalue weighted by Crippen LogP contribution is 2.39. The van der Waals surface area contributed by atoms with Crippen LogP contribution < -0.4 is 4.74 Å². The molecule has 2 saturated heterocycles. The molecule has 1 spiro atoms. The van der Waals surface area contributed by atoms with Gasteiger partial charge in [-0.25, -0.2) is 0 Å². The topological polar surface area (TPSA) is 49.9 Å². The van der Waals surface area contributed by atoms with Crippen LogP contribution in [-0.4, -0.2) is 54.9 Å². The van der Waals surface area contributed by atoms with E-state index in [-0.39, 0.29) is 23.8 Å². The number of carbonyl (C=O) groups excluding carboxylic acids is 2. The highest BCUT2D eigenvalue weighted by molar-refractivity contribution is 6.30. The lowest BCUT2D eigenvalue weighted by Gasteiger charge is -2.37. The number of benzene rings is 1. The molecule has 2 aliphatic rings. The second-order valence-electron chi connectivity index (χ2n) is 6.42. The van der Waals surface area contributed by atoms with E-state index in [0.29, 0.717) is 23.9 Å². The van der Waals surface area contributed by atoms with Gasteiger partial charge < -0.3 is 14.5 Å². The van der Waals surface area contributed by atoms with Gasteiger partial charge >= 0.3 is 0 Å². The third kappa shape index (κ3) is 3.29. The van der Waals surface area contributed by atoms with Crippen molar-refractivity contribution in [3.63, 3.8) is 0 Å². The molecule has 124 valence electrons. The molecule has 3 rings (SSSR count). The third-order valence-corrected chi connectivity index (χ3v) is 5.05. The molecular weight excluding hydrogens is 316 g/mol. The first-order chi connectivity index (χ1) is 11.0. The van der Waals surface area contributed by atoms with Crippen LogP contribution in [0.4, 0.5) is 0 Å². The molecule has 0 aliphatic carbocycles. The van der Waals surface area contributed by atoms with Crippen molar-refractivity contribution in [2.75, 3.05) is 33.3 Å². The Morgan fingerprint density at radius 1 is 1.35 bits per heavy atom. The quantitative estimate of drug-likeness (QED) is 0.850. The fraction of sp³-hybridized carbons (Fsp3) is 0.529. The number of likely N-dealkylation sites (tertiary alicyclic amines) is 2. The summed E-state index contributed by atoms with van der Waals surface area (Å²) in [5.74, 6) is 0.672. The van der Waals surface area contributed by atoms with Crippen molar-refractivity contribution in [3.05, 3.63) is 29.3 Å². The number of piperidine rings is 1. The Morgan fingerprint density at radius 2 is 2.17 bits per heavy atom. The number of ether oxygens (including phenoxy) is 1. The number of nitrogens with zero attached hydrogens (tertiary/aromatic N) is 2. The van der Waals surface area contributed by atoms with Crippen LogP contribution in [-0.2, 0) is 9.59 Å². The molecule has 5 nitrogen and oxygen atoms in total. The predicted octanol–water partition coefficient (Wildman–Crippen LogP) is 2.19. The van der Waals surface area contributed by atoms with Gasteiger partial charge in [-0.2, -0.15) is 0 Å². The van der Waals surface area contributed by atoms with E-state index in [4.69, 9.17) is 16.3 Å². The smallest absolute Gasteiger partial charge is 0.260 e. The summed E-state index contributed by atoms with van der Waals surface area (Å²) in [6.45, 7) is 1.91. The first-order valence-corrected chi connectivity index (χ1v) is 8.30. The van der Waals surface area contributed by atoms with E-state index in [0.717, 1.165) is 25.8 Å². The molecule has 1 aromatic carbocycles. The van der Waals surface area contributed by atoms with Crippen molar-refractivity contribution in [1.82, 2.24) is 9.80 Å². The maximum absolute atomic E-state index is 12.5. The molecule has 1 aromatic rings. The lowest BCUT2D eigenvalue weighted by Crippen LogP contribution is -2.48. The lowest BCUT2D eigenvalue weighted by atomic mass is 9.78. The fourth-order valence-electron chi connectivity index (χ4n) is 3.53. The standard InChI is InChI=1S/C17H21ClN2O3/c1-19-8-3-6-17(16(19)22)7-9-20(12-17)15(21)11-23-14-5-2-4-13(18)10-14/h2,4-5,10H,3,6-9,11-12H2,1H3/t17-/m0/s1. The summed E-state index contributed by atoms with van der Waals surface area (Å²) in [4.78, 5) is 28.4. The van der Waals surface area contributed by atoms with Crippen LogP contribution in [0, 0.1) is 5.41 Å². The molecule has 0 aromatic heterocycles. The van der Waals surface area contributed by atoms with Gasteiger partial charge in [-0.15, -0.1) is 0 Å². The Bertz CT molecular complexity index is 622. The molecule has 1 atom stereocenters. The zero-order chi connectivity index (χ0) is 16.4. The van der Waals surface area contributed by atoms with Gasteiger partial charge in [0.2, 0.25) is 5.91 Å². The largest absolute Gasteiger partial charge is 0.484 e. The molecule has 23 heavy (non-hydrogen) atoms. The zero-order valence-corrected chi connectivity index (χ0v) is 14.0. The van der Waals surface area contributed by atoms with Crippen molar-refractivity contribution < 1.29 is 14.3 Å². The average Bonchev–Trinajstić information content (AvgIpc) is 2.96. The van der Waals surface area contributed by atoms with E-state index in [9.17, 15) is 9.59 Å². The minimum absolute atomic E-state index is 0.0273. The van der Waals surface area contributed by atoms with Crippen molar-refractivity contribution in [2.45, 2.75) is 19.3 Å². The van der Waals surface area contributed by atoms with Crippen molar-refractivity contribution in [3.8, 4) is 5.75 Å². The number of amides is 2. The minimum Gasteiger partial charge on any atom is -0.484 e. The van der Waals surface area contributed by atoms with Crippen molar-refractivity contribution in [2.24, 2.45) is 5.41 Å². The zero-order valence-electron chi connectivity index (χ0n) is 13.3. The molecular formula is C17H21ClN2O3. The van der Waals surface area contributed by atoms with Gasteiger partial charge in [-0.05, 0) is 37.5 Å². The van der Waals surface area contributed by atoms with Gasteiger partial charge in [0.1, 0.15) is 5.75 Å². The van der Waals surface area contributed by atoms with Crippen LogP contribution in [0.5, 0.6) is 5.75 Å². The third-order valence-electron chi connectivity index (χ3n) is 4.81. The number of hydrogen-bond acceptors (Lipinski definition) is 3. The minimum atomic E-state index is -0.376. The maximum atomic E-state index is 12.5. The van der Waals surface area contributed by atoms with Crippen LogP contribution in [0.25, 0.3) is 0 Å². The Kier molecular flexibility index (Phi) is 4.48. The van der Waals surface area contributed by atoms with Crippen LogP contribution in [0.2, 0.25) is 5.02 Å². The van der Waals surface area contributed by atoms with E-state index in [1.54, 1.807) is 34.1 Å². The fourth-order valence-corrected chi connectivity index (χ4v) is 3.71. The Hall–Kier alpha value is -1.75. The Morgan fingerprint density at radius 3 is 2.96 bits per heavy atom. The normalized spacial score (nSPS) is 24.3. The summed E-state index contributed by atoms with van der Waals surface area (Å²) >= 11 is 5.90. The SMILES string of the molecule is CN1CCC[C@@]2(CCN(C(=O)COc3cccc(Cl)c3)C2)C1=O.